The van der Waals surface area contributed by atoms with Crippen molar-refractivity contribution in [2.45, 2.75) is 62.7 Å². The van der Waals surface area contributed by atoms with E-state index < -0.39 is 5.92 Å². The van der Waals surface area contributed by atoms with Crippen LogP contribution in [0, 0.1) is 11.7 Å². The summed E-state index contributed by atoms with van der Waals surface area (Å²) >= 11 is 2.42. The smallest absolute Gasteiger partial charge is 0.254 e. The van der Waals surface area contributed by atoms with Crippen molar-refractivity contribution >= 4 is 37.1 Å². The molecule has 192 valence electrons. The van der Waals surface area contributed by atoms with E-state index in [1.54, 1.807) is 12.1 Å². The van der Waals surface area contributed by atoms with Gasteiger partial charge in [-0.3, -0.25) is 9.89 Å². The number of benzene rings is 1. The van der Waals surface area contributed by atoms with Gasteiger partial charge in [0, 0.05) is 48.9 Å². The zero-order chi connectivity index (χ0) is 25.4. The number of hydrogen-bond acceptors (Lipinski definition) is 6. The molecule has 1 aliphatic heterocycles. The van der Waals surface area contributed by atoms with Crippen LogP contribution in [0.1, 0.15) is 51.9 Å². The normalized spacial score (nSPS) is 17.2. The van der Waals surface area contributed by atoms with Crippen LogP contribution in [0.4, 0.5) is 13.2 Å². The molecule has 1 fully saturated rings. The average Bonchev–Trinajstić information content (AvgIpc) is 2.84. The van der Waals surface area contributed by atoms with E-state index in [0.717, 1.165) is 73.5 Å². The zero-order valence-corrected chi connectivity index (χ0v) is 22.0. The van der Waals surface area contributed by atoms with E-state index in [1.807, 2.05) is 0 Å². The third-order valence-electron chi connectivity index (χ3n) is 5.59. The maximum absolute atomic E-state index is 13.0. The monoisotopic (exact) mass is 517 g/mol. The lowest BCUT2D eigenvalue weighted by Crippen LogP contribution is -2.33. The molecule has 0 radical (unpaired) electrons. The molecule has 1 aliphatic carbocycles. The second-order valence-corrected chi connectivity index (χ2v) is 10.4. The molecule has 34 heavy (non-hydrogen) atoms. The number of nitrogens with zero attached hydrogens (tertiary/aromatic N) is 3. The minimum atomic E-state index is -2.62. The molecule has 4 nitrogen and oxygen atoms in total. The number of aliphatic imine (C=N–C) groups is 1. The highest BCUT2D eigenvalue weighted by molar-refractivity contribution is 8.03. The van der Waals surface area contributed by atoms with Gasteiger partial charge < -0.3 is 5.11 Å². The van der Waals surface area contributed by atoms with E-state index in [9.17, 15) is 13.2 Å². The maximum Gasteiger partial charge on any atom is 0.254 e. The first-order valence-electron chi connectivity index (χ1n) is 11.6. The van der Waals surface area contributed by atoms with Gasteiger partial charge in [-0.15, -0.1) is 11.8 Å². The average molecular weight is 518 g/mol. The highest BCUT2D eigenvalue weighted by Gasteiger charge is 2.25. The van der Waals surface area contributed by atoms with Gasteiger partial charge in [0.15, 0.2) is 0 Å². The van der Waals surface area contributed by atoms with E-state index >= 15 is 0 Å². The number of hydrogen-bond donors (Lipinski definition) is 1. The molecule has 0 unspecified atom stereocenters. The Hall–Kier alpha value is -1.29. The number of aliphatic hydroxyl groups excluding tert-OH is 1. The Kier molecular flexibility index (Phi) is 15.5. The fourth-order valence-corrected chi connectivity index (χ4v) is 5.33. The minimum Gasteiger partial charge on any atom is -0.400 e. The fourth-order valence-electron chi connectivity index (χ4n) is 3.92. The fraction of sp³-hybridized carbons (Fsp3) is 0.600. The second kappa shape index (κ2) is 17.2. The summed E-state index contributed by atoms with van der Waals surface area (Å²) < 4.78 is 42.0. The van der Waals surface area contributed by atoms with Gasteiger partial charge >= 0.3 is 0 Å². The number of rotatable bonds is 9. The van der Waals surface area contributed by atoms with Crippen molar-refractivity contribution in [2.75, 3.05) is 32.5 Å². The summed E-state index contributed by atoms with van der Waals surface area (Å²) in [6.45, 7) is 10.7. The van der Waals surface area contributed by atoms with Crippen molar-refractivity contribution in [3.8, 4) is 0 Å². The molecule has 0 bridgehead atoms. The molecule has 1 aromatic rings. The standard InChI is InChI=1S/C17H28F2N2S.C7H6FNS.CH4O/c1-17(18,19)13-22-16-9-11-21(12-15(16)20-2)10-8-14-6-4-3-5-7-14;1-9-10-7-4-2-3-6(8)5-7;1-2/h14H,2-13H2,1H3;2-5H,1H2;2H,1H3. The molecule has 1 heterocycles. The van der Waals surface area contributed by atoms with Crippen LogP contribution >= 0.6 is 23.7 Å². The Morgan fingerprint density at radius 2 is 1.88 bits per heavy atom. The highest BCUT2D eigenvalue weighted by atomic mass is 32.2. The quantitative estimate of drug-likeness (QED) is 0.280. The van der Waals surface area contributed by atoms with E-state index in [0.29, 0.717) is 0 Å². The second-order valence-electron chi connectivity index (χ2n) is 8.38. The van der Waals surface area contributed by atoms with Gasteiger partial charge in [-0.1, -0.05) is 38.2 Å². The van der Waals surface area contributed by atoms with Crippen LogP contribution in [-0.4, -0.2) is 61.9 Å². The minimum absolute atomic E-state index is 0.163. The molecule has 0 saturated heterocycles. The number of halogens is 3. The first-order chi connectivity index (χ1) is 16.3. The number of aliphatic hydroxyl groups is 1. The van der Waals surface area contributed by atoms with Gasteiger partial charge in [0.1, 0.15) is 5.82 Å². The largest absolute Gasteiger partial charge is 0.400 e. The molecule has 0 aromatic heterocycles. The molecule has 9 heteroatoms. The van der Waals surface area contributed by atoms with Crippen molar-refractivity contribution in [1.29, 1.82) is 0 Å². The van der Waals surface area contributed by atoms with Crippen LogP contribution < -0.4 is 0 Å². The highest BCUT2D eigenvalue weighted by Crippen LogP contribution is 2.33. The summed E-state index contributed by atoms with van der Waals surface area (Å²) in [6.07, 6.45) is 9.02. The van der Waals surface area contributed by atoms with Crippen molar-refractivity contribution in [3.63, 3.8) is 0 Å². The van der Waals surface area contributed by atoms with Crippen LogP contribution in [0.25, 0.3) is 0 Å². The third-order valence-corrected chi connectivity index (χ3v) is 7.62. The zero-order valence-electron chi connectivity index (χ0n) is 20.3. The summed E-state index contributed by atoms with van der Waals surface area (Å²) in [6, 6.07) is 6.23. The van der Waals surface area contributed by atoms with Crippen molar-refractivity contribution < 1.29 is 18.3 Å². The third kappa shape index (κ3) is 13.0. The SMILES string of the molecule is C=NC1=C(SCC(C)(F)F)CCN(CCC2CCCCC2)C1.C=NSc1cccc(F)c1.CO. The topological polar surface area (TPSA) is 48.2 Å². The van der Waals surface area contributed by atoms with E-state index in [-0.39, 0.29) is 11.6 Å². The summed E-state index contributed by atoms with van der Waals surface area (Å²) in [7, 11) is 1.00. The Morgan fingerprint density at radius 1 is 1.18 bits per heavy atom. The molecule has 3 rings (SSSR count). The van der Waals surface area contributed by atoms with Crippen LogP contribution in [0.3, 0.4) is 0 Å². The molecule has 0 spiro atoms. The predicted octanol–water partition coefficient (Wildman–Crippen LogP) is 7.11. The molecular weight excluding hydrogens is 479 g/mol. The van der Waals surface area contributed by atoms with E-state index in [4.69, 9.17) is 5.11 Å². The lowest BCUT2D eigenvalue weighted by molar-refractivity contribution is 0.0493. The Bertz CT molecular complexity index is 766. The molecule has 0 atom stereocenters. The van der Waals surface area contributed by atoms with E-state index in [2.05, 4.69) is 27.7 Å². The molecular formula is C25H38F3N3OS2. The molecule has 1 aromatic carbocycles. The Morgan fingerprint density at radius 3 is 2.47 bits per heavy atom. The summed E-state index contributed by atoms with van der Waals surface area (Å²) in [5.74, 6) is -2.15. The Labute approximate surface area is 211 Å². The van der Waals surface area contributed by atoms with Crippen molar-refractivity contribution in [2.24, 2.45) is 15.3 Å². The van der Waals surface area contributed by atoms with Gasteiger partial charge in [-0.05, 0) is 56.9 Å². The van der Waals surface area contributed by atoms with Crippen LogP contribution in [0.15, 0.2) is 49.2 Å². The molecule has 0 amide bonds. The summed E-state index contributed by atoms with van der Waals surface area (Å²) in [5, 5.41) is 7.00. The lowest BCUT2D eigenvalue weighted by atomic mass is 9.87. The van der Waals surface area contributed by atoms with Gasteiger partial charge in [0.05, 0.1) is 11.4 Å². The van der Waals surface area contributed by atoms with Crippen LogP contribution in [0.2, 0.25) is 0 Å². The predicted molar refractivity (Wildman–Crippen MR) is 142 cm³/mol. The lowest BCUT2D eigenvalue weighted by Gasteiger charge is -2.31. The van der Waals surface area contributed by atoms with Crippen molar-refractivity contribution in [3.05, 3.63) is 40.7 Å². The molecule has 1 saturated carbocycles. The van der Waals surface area contributed by atoms with E-state index in [1.165, 1.54) is 62.4 Å². The first-order valence-corrected chi connectivity index (χ1v) is 13.3. The van der Waals surface area contributed by atoms with Gasteiger partial charge in [-0.25, -0.2) is 17.6 Å². The van der Waals surface area contributed by atoms with Crippen LogP contribution in [0.5, 0.6) is 0 Å². The number of alkyl halides is 2. The van der Waals surface area contributed by atoms with Gasteiger partial charge in [-0.2, -0.15) is 0 Å². The van der Waals surface area contributed by atoms with Gasteiger partial charge in [0.25, 0.3) is 5.92 Å². The van der Waals surface area contributed by atoms with Crippen molar-refractivity contribution in [1.82, 2.24) is 4.90 Å². The first kappa shape index (κ1) is 30.7. The molecule has 1 N–H and O–H groups in total. The Balaban J connectivity index is 0.000000402. The summed E-state index contributed by atoms with van der Waals surface area (Å²) in [4.78, 5) is 8.28. The number of thioether (sulfide) groups is 1. The maximum atomic E-state index is 13.0. The van der Waals surface area contributed by atoms with Gasteiger partial charge in [0.2, 0.25) is 0 Å². The molecule has 2 aliphatic rings. The van der Waals surface area contributed by atoms with Crippen LogP contribution in [-0.2, 0) is 0 Å². The summed E-state index contributed by atoms with van der Waals surface area (Å²) in [5.41, 5.74) is 0.907.